The van der Waals surface area contributed by atoms with Crippen LogP contribution in [0.1, 0.15) is 15.9 Å². The second kappa shape index (κ2) is 3.79. The lowest BCUT2D eigenvalue weighted by Crippen LogP contribution is -2.21. The van der Waals surface area contributed by atoms with Gasteiger partial charge in [0, 0.05) is 19.7 Å². The molecule has 4 heteroatoms. The first-order chi connectivity index (χ1) is 6.56. The molecule has 0 aromatic heterocycles. The third kappa shape index (κ3) is 1.83. The first-order valence-corrected chi connectivity index (χ1v) is 4.01. The van der Waals surface area contributed by atoms with Crippen molar-refractivity contribution in [1.29, 1.82) is 5.26 Å². The second-order valence-electron chi connectivity index (χ2n) is 3.04. The van der Waals surface area contributed by atoms with Gasteiger partial charge in [0.2, 0.25) is 0 Å². The van der Waals surface area contributed by atoms with E-state index in [2.05, 4.69) is 0 Å². The number of benzene rings is 1. The molecular formula is C10H10N2O2. The normalized spacial score (nSPS) is 9.21. The Hall–Kier alpha value is -2.02. The Morgan fingerprint density at radius 3 is 2.64 bits per heavy atom. The Morgan fingerprint density at radius 2 is 2.14 bits per heavy atom. The summed E-state index contributed by atoms with van der Waals surface area (Å²) in [5, 5.41) is 17.8. The van der Waals surface area contributed by atoms with Gasteiger partial charge in [-0.25, -0.2) is 0 Å². The van der Waals surface area contributed by atoms with Crippen LogP contribution in [0.2, 0.25) is 0 Å². The molecule has 4 nitrogen and oxygen atoms in total. The molecule has 0 fully saturated rings. The minimum absolute atomic E-state index is 0.109. The van der Waals surface area contributed by atoms with Gasteiger partial charge in [-0.3, -0.25) is 4.79 Å². The molecule has 0 aliphatic carbocycles. The lowest BCUT2D eigenvalue weighted by molar-refractivity contribution is 0.0827. The van der Waals surface area contributed by atoms with E-state index < -0.39 is 0 Å². The molecule has 0 saturated carbocycles. The molecule has 72 valence electrons. The minimum Gasteiger partial charge on any atom is -0.507 e. The molecule has 0 aliphatic rings. The molecule has 0 spiro atoms. The average Bonchev–Trinajstić information content (AvgIpc) is 2.17. The summed E-state index contributed by atoms with van der Waals surface area (Å²) in [6.45, 7) is 0. The minimum atomic E-state index is -0.193. The first kappa shape index (κ1) is 10.1. The number of hydrogen-bond donors (Lipinski definition) is 1. The summed E-state index contributed by atoms with van der Waals surface area (Å²) in [5.41, 5.74) is 0.502. The third-order valence-electron chi connectivity index (χ3n) is 1.77. The second-order valence-corrected chi connectivity index (χ2v) is 3.04. The number of rotatable bonds is 1. The predicted molar refractivity (Wildman–Crippen MR) is 50.8 cm³/mol. The number of carbonyl (C=O) groups excluding carboxylic acids is 1. The number of aromatic hydroxyl groups is 1. The number of nitriles is 1. The van der Waals surface area contributed by atoms with Gasteiger partial charge in [0.1, 0.15) is 11.8 Å². The highest BCUT2D eigenvalue weighted by molar-refractivity contribution is 5.94. The van der Waals surface area contributed by atoms with Crippen molar-refractivity contribution in [2.75, 3.05) is 14.1 Å². The van der Waals surface area contributed by atoms with Gasteiger partial charge in [0.15, 0.2) is 0 Å². The standard InChI is InChI=1S/C10H10N2O2/c1-12(2)10(14)7-3-4-9(13)8(5-7)6-11/h3-5,13H,1-2H3. The van der Waals surface area contributed by atoms with Crippen molar-refractivity contribution in [2.45, 2.75) is 0 Å². The van der Waals surface area contributed by atoms with Crippen molar-refractivity contribution in [3.05, 3.63) is 29.3 Å². The van der Waals surface area contributed by atoms with E-state index in [0.717, 1.165) is 0 Å². The van der Waals surface area contributed by atoms with Crippen LogP contribution in [0.5, 0.6) is 5.75 Å². The number of carbonyl (C=O) groups is 1. The molecular weight excluding hydrogens is 180 g/mol. The number of phenolic OH excluding ortho intramolecular Hbond substituents is 1. The molecule has 0 unspecified atom stereocenters. The van der Waals surface area contributed by atoms with Crippen LogP contribution in [-0.4, -0.2) is 30.0 Å². The Morgan fingerprint density at radius 1 is 1.50 bits per heavy atom. The fourth-order valence-electron chi connectivity index (χ4n) is 1.02. The molecule has 1 aromatic rings. The maximum absolute atomic E-state index is 11.5. The number of nitrogens with zero attached hydrogens (tertiary/aromatic N) is 2. The van der Waals surface area contributed by atoms with E-state index >= 15 is 0 Å². The van der Waals surface area contributed by atoms with Gasteiger partial charge >= 0.3 is 0 Å². The quantitative estimate of drug-likeness (QED) is 0.717. The SMILES string of the molecule is CN(C)C(=O)c1ccc(O)c(C#N)c1. The van der Waals surface area contributed by atoms with Gasteiger partial charge in [-0.05, 0) is 18.2 Å². The molecule has 0 heterocycles. The zero-order valence-corrected chi connectivity index (χ0v) is 7.98. The number of phenols is 1. The van der Waals surface area contributed by atoms with E-state index in [1.54, 1.807) is 14.1 Å². The fraction of sp³-hybridized carbons (Fsp3) is 0.200. The van der Waals surface area contributed by atoms with Crippen molar-refractivity contribution >= 4 is 5.91 Å². The summed E-state index contributed by atoms with van der Waals surface area (Å²) >= 11 is 0. The van der Waals surface area contributed by atoms with Gasteiger partial charge in [-0.1, -0.05) is 0 Å². The van der Waals surface area contributed by atoms with E-state index in [9.17, 15) is 9.90 Å². The predicted octanol–water partition coefficient (Wildman–Crippen LogP) is 0.966. The Labute approximate surface area is 82.0 Å². The zero-order chi connectivity index (χ0) is 10.7. The van der Waals surface area contributed by atoms with E-state index in [1.807, 2.05) is 6.07 Å². The molecule has 0 radical (unpaired) electrons. The maximum Gasteiger partial charge on any atom is 0.253 e. The van der Waals surface area contributed by atoms with Crippen LogP contribution in [0.4, 0.5) is 0 Å². The van der Waals surface area contributed by atoms with Crippen molar-refractivity contribution in [1.82, 2.24) is 4.90 Å². The van der Waals surface area contributed by atoms with Gasteiger partial charge in [0.25, 0.3) is 5.91 Å². The molecule has 0 bridgehead atoms. The molecule has 0 aliphatic heterocycles. The van der Waals surface area contributed by atoms with E-state index in [4.69, 9.17) is 5.26 Å². The summed E-state index contributed by atoms with van der Waals surface area (Å²) in [5.74, 6) is -0.302. The van der Waals surface area contributed by atoms with Crippen LogP contribution in [-0.2, 0) is 0 Å². The summed E-state index contributed by atoms with van der Waals surface area (Å²) in [4.78, 5) is 12.9. The summed E-state index contributed by atoms with van der Waals surface area (Å²) in [7, 11) is 3.25. The van der Waals surface area contributed by atoms with Gasteiger partial charge in [0.05, 0.1) is 5.56 Å². The highest BCUT2D eigenvalue weighted by Crippen LogP contribution is 2.17. The van der Waals surface area contributed by atoms with E-state index in [0.29, 0.717) is 5.56 Å². The van der Waals surface area contributed by atoms with Crippen LogP contribution in [0.25, 0.3) is 0 Å². The first-order valence-electron chi connectivity index (χ1n) is 4.01. The van der Waals surface area contributed by atoms with E-state index in [1.165, 1.54) is 23.1 Å². The average molecular weight is 190 g/mol. The van der Waals surface area contributed by atoms with Crippen LogP contribution < -0.4 is 0 Å². The summed E-state index contributed by atoms with van der Waals surface area (Å²) in [6.07, 6.45) is 0. The van der Waals surface area contributed by atoms with Crippen LogP contribution >= 0.6 is 0 Å². The van der Waals surface area contributed by atoms with Crippen molar-refractivity contribution in [3.63, 3.8) is 0 Å². The van der Waals surface area contributed by atoms with Gasteiger partial charge in [-0.2, -0.15) is 5.26 Å². The summed E-state index contributed by atoms with van der Waals surface area (Å²) < 4.78 is 0. The largest absolute Gasteiger partial charge is 0.507 e. The Balaban J connectivity index is 3.15. The lowest BCUT2D eigenvalue weighted by atomic mass is 10.1. The maximum atomic E-state index is 11.5. The van der Waals surface area contributed by atoms with Crippen molar-refractivity contribution in [3.8, 4) is 11.8 Å². The number of amides is 1. The van der Waals surface area contributed by atoms with Crippen LogP contribution in [0.15, 0.2) is 18.2 Å². The molecule has 1 rings (SSSR count). The molecule has 0 saturated heterocycles. The zero-order valence-electron chi connectivity index (χ0n) is 7.98. The Kier molecular flexibility index (Phi) is 2.73. The van der Waals surface area contributed by atoms with Gasteiger partial charge in [-0.15, -0.1) is 0 Å². The highest BCUT2D eigenvalue weighted by atomic mass is 16.3. The monoisotopic (exact) mass is 190 g/mol. The summed E-state index contributed by atoms with van der Waals surface area (Å²) in [6, 6.07) is 6.01. The Bertz CT molecular complexity index is 405. The topological polar surface area (TPSA) is 64.3 Å². The van der Waals surface area contributed by atoms with Gasteiger partial charge < -0.3 is 10.0 Å². The number of hydrogen-bond acceptors (Lipinski definition) is 3. The van der Waals surface area contributed by atoms with Crippen LogP contribution in [0, 0.1) is 11.3 Å². The molecule has 0 atom stereocenters. The van der Waals surface area contributed by atoms with Crippen molar-refractivity contribution < 1.29 is 9.90 Å². The fourth-order valence-corrected chi connectivity index (χ4v) is 1.02. The molecule has 14 heavy (non-hydrogen) atoms. The van der Waals surface area contributed by atoms with Crippen LogP contribution in [0.3, 0.4) is 0 Å². The van der Waals surface area contributed by atoms with E-state index in [-0.39, 0.29) is 17.2 Å². The lowest BCUT2D eigenvalue weighted by Gasteiger charge is -2.10. The smallest absolute Gasteiger partial charge is 0.253 e. The molecule has 1 aromatic carbocycles. The third-order valence-corrected chi connectivity index (χ3v) is 1.77. The molecule has 1 amide bonds. The van der Waals surface area contributed by atoms with Crippen molar-refractivity contribution in [2.24, 2.45) is 0 Å². The molecule has 1 N–H and O–H groups in total. The highest BCUT2D eigenvalue weighted by Gasteiger charge is 2.10.